The Morgan fingerprint density at radius 3 is 2.48 bits per heavy atom. The number of amidine groups is 1. The third-order valence-corrected chi connectivity index (χ3v) is 5.51. The Kier molecular flexibility index (Phi) is 4.45. The van der Waals surface area contributed by atoms with Gasteiger partial charge in [0.2, 0.25) is 0 Å². The second kappa shape index (κ2) is 7.30. The van der Waals surface area contributed by atoms with Crippen LogP contribution in [0.5, 0.6) is 5.75 Å². The molecule has 0 aliphatic rings. The van der Waals surface area contributed by atoms with E-state index in [1.165, 1.54) is 0 Å². The first-order valence-electron chi connectivity index (χ1n) is 9.47. The molecule has 0 amide bonds. The van der Waals surface area contributed by atoms with Crippen LogP contribution in [-0.4, -0.2) is 31.3 Å². The highest BCUT2D eigenvalue weighted by atomic mass is 35.5. The summed E-state index contributed by atoms with van der Waals surface area (Å²) in [5, 5.41) is 30.8. The van der Waals surface area contributed by atoms with Gasteiger partial charge in [0.1, 0.15) is 17.3 Å². The molecular formula is C23H17ClN6O. The number of aromatic amines is 2. The van der Waals surface area contributed by atoms with Crippen LogP contribution in [0.4, 0.5) is 0 Å². The number of nitrogens with zero attached hydrogens (tertiary/aromatic N) is 2. The molecule has 7 nitrogen and oxygen atoms in total. The molecule has 0 radical (unpaired) electrons. The Morgan fingerprint density at radius 2 is 1.77 bits per heavy atom. The van der Waals surface area contributed by atoms with Crippen LogP contribution < -0.4 is 5.73 Å². The summed E-state index contributed by atoms with van der Waals surface area (Å²) in [5.41, 5.74) is 11.2. The molecule has 0 saturated carbocycles. The van der Waals surface area contributed by atoms with Gasteiger partial charge in [-0.2, -0.15) is 0 Å². The molecule has 0 saturated heterocycles. The lowest BCUT2D eigenvalue weighted by Gasteiger charge is -2.12. The van der Waals surface area contributed by atoms with Crippen LogP contribution in [0.2, 0.25) is 5.02 Å². The summed E-state index contributed by atoms with van der Waals surface area (Å²) in [4.78, 5) is 3.31. The van der Waals surface area contributed by atoms with Crippen molar-refractivity contribution in [3.05, 3.63) is 77.4 Å². The molecule has 2 aromatic heterocycles. The number of phenols is 1. The number of hydrogen-bond acceptors (Lipinski definition) is 4. The predicted octanol–water partition coefficient (Wildman–Crippen LogP) is 4.93. The summed E-state index contributed by atoms with van der Waals surface area (Å²) in [6.07, 6.45) is 1.70. The number of benzene rings is 3. The van der Waals surface area contributed by atoms with Crippen molar-refractivity contribution in [1.29, 1.82) is 5.41 Å². The van der Waals surface area contributed by atoms with Crippen LogP contribution in [0.15, 0.2) is 66.9 Å². The number of nitrogens with two attached hydrogens (primary N) is 1. The highest BCUT2D eigenvalue weighted by molar-refractivity contribution is 6.34. The third kappa shape index (κ3) is 3.31. The lowest BCUT2D eigenvalue weighted by atomic mass is 9.95. The average Bonchev–Trinajstić information content (AvgIpc) is 3.43. The van der Waals surface area contributed by atoms with Gasteiger partial charge in [0.15, 0.2) is 0 Å². The minimum absolute atomic E-state index is 0.100. The molecule has 0 fully saturated rings. The van der Waals surface area contributed by atoms with Gasteiger partial charge in [0.25, 0.3) is 0 Å². The summed E-state index contributed by atoms with van der Waals surface area (Å²) in [5.74, 6) is 0.0415. The van der Waals surface area contributed by atoms with Crippen LogP contribution in [0, 0.1) is 5.41 Å². The molecule has 152 valence electrons. The molecular weight excluding hydrogens is 412 g/mol. The van der Waals surface area contributed by atoms with E-state index >= 15 is 0 Å². The van der Waals surface area contributed by atoms with E-state index < -0.39 is 0 Å². The quantitative estimate of drug-likeness (QED) is 0.205. The van der Waals surface area contributed by atoms with Crippen molar-refractivity contribution in [2.75, 3.05) is 0 Å². The number of fused-ring (bicyclic) bond motifs is 1. The topological polar surface area (TPSA) is 127 Å². The Balaban J connectivity index is 1.75. The fourth-order valence-electron chi connectivity index (χ4n) is 3.67. The molecule has 0 aliphatic heterocycles. The number of aromatic hydroxyl groups is 1. The first kappa shape index (κ1) is 18.9. The van der Waals surface area contributed by atoms with E-state index in [0.717, 1.165) is 22.0 Å². The maximum Gasteiger partial charge on any atom is 0.132 e. The first-order valence-corrected chi connectivity index (χ1v) is 9.85. The van der Waals surface area contributed by atoms with Gasteiger partial charge in [0.05, 0.1) is 10.7 Å². The molecule has 3 aromatic carbocycles. The molecule has 2 heterocycles. The van der Waals surface area contributed by atoms with Crippen LogP contribution in [-0.2, 0) is 0 Å². The van der Waals surface area contributed by atoms with E-state index in [1.54, 1.807) is 18.3 Å². The number of phenolic OH excluding ortho intramolecular Hbond substituents is 1. The largest absolute Gasteiger partial charge is 0.507 e. The van der Waals surface area contributed by atoms with Gasteiger partial charge in [0, 0.05) is 39.4 Å². The van der Waals surface area contributed by atoms with Gasteiger partial charge in [-0.1, -0.05) is 47.1 Å². The van der Waals surface area contributed by atoms with Crippen molar-refractivity contribution in [2.24, 2.45) is 5.73 Å². The van der Waals surface area contributed by atoms with Crippen molar-refractivity contribution in [1.82, 2.24) is 20.4 Å². The van der Waals surface area contributed by atoms with E-state index in [-0.39, 0.29) is 11.6 Å². The number of nitrogens with one attached hydrogen (secondary N) is 3. The Labute approximate surface area is 182 Å². The maximum absolute atomic E-state index is 11.2. The number of rotatable bonds is 4. The molecule has 5 rings (SSSR count). The van der Waals surface area contributed by atoms with Gasteiger partial charge in [-0.25, -0.2) is 0 Å². The van der Waals surface area contributed by atoms with Crippen molar-refractivity contribution in [3.63, 3.8) is 0 Å². The summed E-state index contributed by atoms with van der Waals surface area (Å²) in [6, 6.07) is 18.8. The monoisotopic (exact) mass is 428 g/mol. The molecule has 0 unspecified atom stereocenters. The lowest BCUT2D eigenvalue weighted by molar-refractivity contribution is 0.479. The van der Waals surface area contributed by atoms with Gasteiger partial charge in [-0.15, -0.1) is 5.10 Å². The van der Waals surface area contributed by atoms with E-state index in [4.69, 9.17) is 22.7 Å². The summed E-state index contributed by atoms with van der Waals surface area (Å²) in [6.45, 7) is 0. The highest BCUT2D eigenvalue weighted by Gasteiger charge is 2.18. The number of H-pyrrole nitrogens is 2. The van der Waals surface area contributed by atoms with Crippen molar-refractivity contribution < 1.29 is 5.11 Å². The summed E-state index contributed by atoms with van der Waals surface area (Å²) < 4.78 is 0. The number of halogens is 1. The lowest BCUT2D eigenvalue weighted by Crippen LogP contribution is -2.11. The number of hydrogen-bond donors (Lipinski definition) is 5. The Morgan fingerprint density at radius 1 is 1.00 bits per heavy atom. The standard InChI is InChI=1S/C23H17ClN6O/c24-18-10-19-14(7-16(18)23(25)26)9-20(28-19)17-8-13(21-11-27-30-29-21)6-15(22(17)31)12-4-2-1-3-5-12/h1-11,28,31H,(H3,25,26)(H,27,29,30). The molecule has 5 aromatic rings. The predicted molar refractivity (Wildman–Crippen MR) is 122 cm³/mol. The summed E-state index contributed by atoms with van der Waals surface area (Å²) >= 11 is 6.27. The fraction of sp³-hybridized carbons (Fsp3) is 0. The van der Waals surface area contributed by atoms with Gasteiger partial charge < -0.3 is 15.8 Å². The second-order valence-corrected chi connectivity index (χ2v) is 7.57. The van der Waals surface area contributed by atoms with Crippen molar-refractivity contribution in [2.45, 2.75) is 0 Å². The van der Waals surface area contributed by atoms with Gasteiger partial charge >= 0.3 is 0 Å². The first-order chi connectivity index (χ1) is 15.0. The normalized spacial score (nSPS) is 11.1. The van der Waals surface area contributed by atoms with Crippen molar-refractivity contribution in [3.8, 4) is 39.4 Å². The smallest absolute Gasteiger partial charge is 0.132 e. The number of nitrogen functional groups attached to an aromatic ring is 1. The molecule has 0 atom stereocenters. The van der Waals surface area contributed by atoms with Gasteiger partial charge in [-0.05, 0) is 35.9 Å². The van der Waals surface area contributed by atoms with Crippen LogP contribution in [0.1, 0.15) is 5.56 Å². The molecule has 0 aliphatic carbocycles. The van der Waals surface area contributed by atoms with E-state index in [0.29, 0.717) is 33.1 Å². The Bertz CT molecular complexity index is 1420. The van der Waals surface area contributed by atoms with Crippen LogP contribution >= 0.6 is 11.6 Å². The zero-order valence-electron chi connectivity index (χ0n) is 16.1. The second-order valence-electron chi connectivity index (χ2n) is 7.16. The Hall–Kier alpha value is -4.10. The van der Waals surface area contributed by atoms with Gasteiger partial charge in [-0.3, -0.25) is 10.5 Å². The summed E-state index contributed by atoms with van der Waals surface area (Å²) in [7, 11) is 0. The van der Waals surface area contributed by atoms with Crippen LogP contribution in [0.3, 0.4) is 0 Å². The maximum atomic E-state index is 11.2. The van der Waals surface area contributed by atoms with Crippen molar-refractivity contribution >= 4 is 28.3 Å². The zero-order valence-corrected chi connectivity index (χ0v) is 16.9. The zero-order chi connectivity index (χ0) is 21.5. The minimum Gasteiger partial charge on any atom is -0.507 e. The highest BCUT2D eigenvalue weighted by Crippen LogP contribution is 2.42. The average molecular weight is 429 g/mol. The van der Waals surface area contributed by atoms with E-state index in [1.807, 2.05) is 48.5 Å². The third-order valence-electron chi connectivity index (χ3n) is 5.20. The van der Waals surface area contributed by atoms with Crippen LogP contribution in [0.25, 0.3) is 44.5 Å². The van der Waals surface area contributed by atoms with E-state index in [9.17, 15) is 5.11 Å². The number of aromatic nitrogens is 4. The SMILES string of the molecule is N=C(N)c1cc2cc(-c3cc(-c4c[nH]nn4)cc(-c4ccccc4)c3O)[nH]c2cc1Cl. The molecule has 8 heteroatoms. The molecule has 31 heavy (non-hydrogen) atoms. The fourth-order valence-corrected chi connectivity index (χ4v) is 3.94. The van der Waals surface area contributed by atoms with E-state index in [2.05, 4.69) is 20.4 Å². The molecule has 0 bridgehead atoms. The molecule has 0 spiro atoms. The molecule has 6 N–H and O–H groups in total. The minimum atomic E-state index is -0.100.